The predicted octanol–water partition coefficient (Wildman–Crippen LogP) is 2.78. The minimum absolute atomic E-state index is 0.291. The van der Waals surface area contributed by atoms with Crippen LogP contribution >= 0.6 is 11.5 Å². The smallest absolute Gasteiger partial charge is 0.142 e. The van der Waals surface area contributed by atoms with Gasteiger partial charge in [0.25, 0.3) is 0 Å². The molecule has 8 nitrogen and oxygen atoms in total. The predicted molar refractivity (Wildman–Crippen MR) is 117 cm³/mol. The first kappa shape index (κ1) is 18.4. The van der Waals surface area contributed by atoms with Crippen LogP contribution in [0.15, 0.2) is 30.7 Å². The third-order valence-corrected chi connectivity index (χ3v) is 6.59. The molecule has 1 saturated heterocycles. The summed E-state index contributed by atoms with van der Waals surface area (Å²) < 4.78 is 8.25. The summed E-state index contributed by atoms with van der Waals surface area (Å²) in [5, 5.41) is 17.3. The highest BCUT2D eigenvalue weighted by Crippen LogP contribution is 2.39. The molecule has 2 aliphatic heterocycles. The van der Waals surface area contributed by atoms with Crippen LogP contribution in [0.2, 0.25) is 0 Å². The topological polar surface area (TPSA) is 75.8 Å². The molecule has 29 heavy (non-hydrogen) atoms. The summed E-state index contributed by atoms with van der Waals surface area (Å²) in [5.41, 5.74) is 3.20. The molecule has 0 radical (unpaired) electrons. The standard InChI is InChI=1S/C20H26N8S/c1-13-7-19(29-25-13)24-18-8-17(14-5-4-6-21-9-14)27(3)20-16(11-23-28(18)20)15-10-22-26(2)12-15/h7-8,10-12,14,17,21,24H,4-6,9H2,1-3H3. The Morgan fingerprint density at radius 2 is 2.14 bits per heavy atom. The van der Waals surface area contributed by atoms with Gasteiger partial charge in [0, 0.05) is 38.0 Å². The van der Waals surface area contributed by atoms with Gasteiger partial charge in [0.1, 0.15) is 16.6 Å². The molecule has 2 unspecified atom stereocenters. The third kappa shape index (κ3) is 3.34. The summed E-state index contributed by atoms with van der Waals surface area (Å²) in [6.07, 6.45) is 10.6. The SMILES string of the molecule is Cc1cc(NC2=CC(C3CCCNC3)N(C)c3c(-c4cnn(C)c4)cnn32)sn1. The molecule has 5 rings (SSSR count). The molecule has 3 aromatic rings. The van der Waals surface area contributed by atoms with Crippen molar-refractivity contribution in [3.05, 3.63) is 36.4 Å². The Bertz CT molecular complexity index is 1040. The number of aryl methyl sites for hydroxylation is 2. The van der Waals surface area contributed by atoms with Gasteiger partial charge in [-0.05, 0) is 55.9 Å². The van der Waals surface area contributed by atoms with E-state index in [4.69, 9.17) is 5.10 Å². The lowest BCUT2D eigenvalue weighted by Crippen LogP contribution is -2.47. The fraction of sp³-hybridized carbons (Fsp3) is 0.450. The summed E-state index contributed by atoms with van der Waals surface area (Å²) in [6.45, 7) is 4.16. The zero-order chi connectivity index (χ0) is 20.0. The summed E-state index contributed by atoms with van der Waals surface area (Å²) >= 11 is 1.48. The van der Waals surface area contributed by atoms with E-state index in [0.717, 1.165) is 46.6 Å². The molecule has 0 aromatic carbocycles. The lowest BCUT2D eigenvalue weighted by atomic mass is 9.89. The van der Waals surface area contributed by atoms with Crippen LogP contribution in [-0.4, -0.2) is 50.1 Å². The second kappa shape index (κ2) is 7.31. The van der Waals surface area contributed by atoms with Crippen LogP contribution in [0.25, 0.3) is 16.9 Å². The van der Waals surface area contributed by atoms with E-state index in [0.29, 0.717) is 12.0 Å². The van der Waals surface area contributed by atoms with Crippen LogP contribution in [0.4, 0.5) is 10.8 Å². The number of nitrogens with one attached hydrogen (secondary N) is 2. The minimum Gasteiger partial charge on any atom is -0.352 e. The Hall–Kier alpha value is -2.65. The molecule has 2 atom stereocenters. The Morgan fingerprint density at radius 3 is 2.83 bits per heavy atom. The quantitative estimate of drug-likeness (QED) is 0.689. The highest BCUT2D eigenvalue weighted by atomic mass is 32.1. The van der Waals surface area contributed by atoms with Gasteiger partial charge in [0.15, 0.2) is 0 Å². The van der Waals surface area contributed by atoms with Gasteiger partial charge in [0.05, 0.1) is 24.1 Å². The fourth-order valence-corrected chi connectivity index (χ4v) is 5.04. The second-order valence-corrected chi connectivity index (χ2v) is 8.72. The number of rotatable bonds is 4. The third-order valence-electron chi connectivity index (χ3n) is 5.80. The molecule has 0 saturated carbocycles. The number of fused-ring (bicyclic) bond motifs is 1. The summed E-state index contributed by atoms with van der Waals surface area (Å²) in [4.78, 5) is 2.37. The number of anilines is 2. The number of aromatic nitrogens is 5. The van der Waals surface area contributed by atoms with E-state index in [9.17, 15) is 0 Å². The van der Waals surface area contributed by atoms with Gasteiger partial charge < -0.3 is 15.5 Å². The van der Waals surface area contributed by atoms with Crippen molar-refractivity contribution in [2.75, 3.05) is 30.4 Å². The van der Waals surface area contributed by atoms with Gasteiger partial charge in [-0.25, -0.2) is 4.68 Å². The average Bonchev–Trinajstić information content (AvgIpc) is 3.44. The Labute approximate surface area is 174 Å². The van der Waals surface area contributed by atoms with Crippen molar-refractivity contribution in [2.24, 2.45) is 13.0 Å². The normalized spacial score (nSPS) is 21.8. The van der Waals surface area contributed by atoms with E-state index in [-0.39, 0.29) is 0 Å². The van der Waals surface area contributed by atoms with Crippen LogP contribution in [0, 0.1) is 12.8 Å². The van der Waals surface area contributed by atoms with Crippen LogP contribution in [0.1, 0.15) is 18.5 Å². The van der Waals surface area contributed by atoms with E-state index in [1.54, 1.807) is 0 Å². The van der Waals surface area contributed by atoms with E-state index in [1.165, 1.54) is 24.4 Å². The monoisotopic (exact) mass is 410 g/mol. The van der Waals surface area contributed by atoms with Crippen LogP contribution in [0.5, 0.6) is 0 Å². The number of nitrogens with zero attached hydrogens (tertiary/aromatic N) is 6. The van der Waals surface area contributed by atoms with Gasteiger partial charge in [0.2, 0.25) is 0 Å². The van der Waals surface area contributed by atoms with Gasteiger partial charge in [-0.1, -0.05) is 0 Å². The highest BCUT2D eigenvalue weighted by Gasteiger charge is 2.34. The van der Waals surface area contributed by atoms with E-state index >= 15 is 0 Å². The number of hydrogen-bond donors (Lipinski definition) is 2. The molecule has 0 aliphatic carbocycles. The van der Waals surface area contributed by atoms with Crippen molar-refractivity contribution < 1.29 is 0 Å². The molecule has 2 N–H and O–H groups in total. The van der Waals surface area contributed by atoms with Crippen molar-refractivity contribution in [1.29, 1.82) is 0 Å². The highest BCUT2D eigenvalue weighted by molar-refractivity contribution is 7.10. The van der Waals surface area contributed by atoms with Crippen molar-refractivity contribution in [3.63, 3.8) is 0 Å². The molecule has 3 aromatic heterocycles. The minimum atomic E-state index is 0.291. The van der Waals surface area contributed by atoms with Crippen molar-refractivity contribution in [2.45, 2.75) is 25.8 Å². The average molecular weight is 411 g/mol. The van der Waals surface area contributed by atoms with E-state index in [2.05, 4.69) is 44.2 Å². The number of piperidine rings is 1. The number of hydrogen-bond acceptors (Lipinski definition) is 7. The van der Waals surface area contributed by atoms with E-state index < -0.39 is 0 Å². The van der Waals surface area contributed by atoms with Crippen LogP contribution in [-0.2, 0) is 7.05 Å². The second-order valence-electron chi connectivity index (χ2n) is 7.91. The lowest BCUT2D eigenvalue weighted by molar-refractivity contribution is 0.341. The van der Waals surface area contributed by atoms with Gasteiger partial charge >= 0.3 is 0 Å². The Balaban J connectivity index is 1.58. The first-order valence-electron chi connectivity index (χ1n) is 10.0. The van der Waals surface area contributed by atoms with Gasteiger partial charge in [-0.2, -0.15) is 14.6 Å². The van der Waals surface area contributed by atoms with Crippen LogP contribution in [0.3, 0.4) is 0 Å². The summed E-state index contributed by atoms with van der Waals surface area (Å²) in [7, 11) is 4.12. The fourth-order valence-electron chi connectivity index (χ4n) is 4.37. The summed E-state index contributed by atoms with van der Waals surface area (Å²) in [6, 6.07) is 2.37. The first-order valence-corrected chi connectivity index (χ1v) is 10.8. The Kier molecular flexibility index (Phi) is 4.63. The molecular weight excluding hydrogens is 384 g/mol. The zero-order valence-corrected chi connectivity index (χ0v) is 17.8. The van der Waals surface area contributed by atoms with Crippen molar-refractivity contribution >= 4 is 28.2 Å². The Morgan fingerprint density at radius 1 is 1.24 bits per heavy atom. The molecule has 0 amide bonds. The van der Waals surface area contributed by atoms with Crippen LogP contribution < -0.4 is 15.5 Å². The molecule has 152 valence electrons. The maximum absolute atomic E-state index is 4.73. The van der Waals surface area contributed by atoms with Gasteiger partial charge in [-0.15, -0.1) is 0 Å². The van der Waals surface area contributed by atoms with Crippen molar-refractivity contribution in [3.8, 4) is 11.1 Å². The largest absolute Gasteiger partial charge is 0.352 e. The maximum atomic E-state index is 4.73. The number of likely N-dealkylation sites (N-methyl/N-ethyl adjacent to an activating group) is 1. The molecule has 5 heterocycles. The molecule has 0 spiro atoms. The molecule has 1 fully saturated rings. The van der Waals surface area contributed by atoms with Crippen molar-refractivity contribution in [1.82, 2.24) is 29.3 Å². The van der Waals surface area contributed by atoms with E-state index in [1.807, 2.05) is 41.9 Å². The molecular formula is C20H26N8S. The first-order chi connectivity index (χ1) is 14.1. The zero-order valence-electron chi connectivity index (χ0n) is 17.0. The lowest BCUT2D eigenvalue weighted by Gasteiger charge is -2.40. The molecule has 9 heteroatoms. The maximum Gasteiger partial charge on any atom is 0.142 e. The molecule has 0 bridgehead atoms. The van der Waals surface area contributed by atoms with Gasteiger partial charge in [-0.3, -0.25) is 4.68 Å². The summed E-state index contributed by atoms with van der Waals surface area (Å²) in [5.74, 6) is 2.64. The molecule has 2 aliphatic rings.